The van der Waals surface area contributed by atoms with Crippen LogP contribution in [-0.4, -0.2) is 53.2 Å². The zero-order valence-electron chi connectivity index (χ0n) is 10.4. The van der Waals surface area contributed by atoms with Gasteiger partial charge in [-0.1, -0.05) is 11.6 Å². The summed E-state index contributed by atoms with van der Waals surface area (Å²) in [5.74, 6) is 0. The molecule has 2 rings (SSSR count). The Bertz CT molecular complexity index is 352. The van der Waals surface area contributed by atoms with Gasteiger partial charge in [0.1, 0.15) is 0 Å². The molecule has 1 fully saturated rings. The first-order chi connectivity index (χ1) is 8.15. The Balaban J connectivity index is 1.92. The van der Waals surface area contributed by atoms with Crippen molar-refractivity contribution in [2.45, 2.75) is 25.4 Å². The van der Waals surface area contributed by atoms with Crippen LogP contribution in [0.25, 0.3) is 0 Å². The van der Waals surface area contributed by atoms with E-state index in [9.17, 15) is 0 Å². The maximum absolute atomic E-state index is 5.73. The van der Waals surface area contributed by atoms with Gasteiger partial charge in [0.15, 0.2) is 5.15 Å². The van der Waals surface area contributed by atoms with E-state index < -0.39 is 0 Å². The van der Waals surface area contributed by atoms with E-state index in [-0.39, 0.29) is 0 Å². The van der Waals surface area contributed by atoms with Crippen molar-refractivity contribution in [1.82, 2.24) is 20.0 Å². The fraction of sp³-hybridized carbons (Fsp3) is 0.667. The van der Waals surface area contributed by atoms with Crippen LogP contribution in [0.5, 0.6) is 0 Å². The van der Waals surface area contributed by atoms with Gasteiger partial charge in [-0.3, -0.25) is 4.90 Å². The number of piperidine rings is 1. The van der Waals surface area contributed by atoms with Gasteiger partial charge in [-0.2, -0.15) is 5.10 Å². The summed E-state index contributed by atoms with van der Waals surface area (Å²) in [5.41, 5.74) is 0.994. The number of rotatable bonds is 3. The summed E-state index contributed by atoms with van der Waals surface area (Å²) in [6, 6.07) is 4.41. The molecule has 1 aliphatic heterocycles. The van der Waals surface area contributed by atoms with E-state index in [0.717, 1.165) is 25.3 Å². The van der Waals surface area contributed by atoms with Crippen molar-refractivity contribution in [1.29, 1.82) is 0 Å². The molecule has 2 heterocycles. The van der Waals surface area contributed by atoms with Gasteiger partial charge in [0.25, 0.3) is 0 Å². The van der Waals surface area contributed by atoms with Crippen molar-refractivity contribution >= 4 is 11.6 Å². The van der Waals surface area contributed by atoms with Crippen molar-refractivity contribution in [3.8, 4) is 0 Å². The van der Waals surface area contributed by atoms with E-state index >= 15 is 0 Å². The minimum atomic E-state index is 0.457. The summed E-state index contributed by atoms with van der Waals surface area (Å²) in [6.45, 7) is 3.13. The lowest BCUT2D eigenvalue weighted by molar-refractivity contribution is 0.126. The average molecular weight is 255 g/mol. The summed E-state index contributed by atoms with van der Waals surface area (Å²) in [4.78, 5) is 4.74. The van der Waals surface area contributed by atoms with E-state index in [0.29, 0.717) is 11.2 Å². The van der Waals surface area contributed by atoms with Crippen LogP contribution in [0.1, 0.15) is 18.5 Å². The third-order valence-electron chi connectivity index (χ3n) is 3.28. The Hall–Kier alpha value is -0.710. The smallest absolute Gasteiger partial charge is 0.151 e. The van der Waals surface area contributed by atoms with E-state index in [4.69, 9.17) is 11.6 Å². The molecule has 1 aliphatic rings. The molecule has 0 aliphatic carbocycles. The van der Waals surface area contributed by atoms with Gasteiger partial charge in [0.2, 0.25) is 0 Å². The van der Waals surface area contributed by atoms with Crippen LogP contribution in [-0.2, 0) is 6.54 Å². The SMILES string of the molecule is CN(C)C1CCCN(Cc2ccc(Cl)nn2)C1. The molecule has 1 aromatic heterocycles. The molecule has 0 bridgehead atoms. The molecule has 0 spiro atoms. The first kappa shape index (κ1) is 12.7. The Morgan fingerprint density at radius 2 is 2.24 bits per heavy atom. The largest absolute Gasteiger partial charge is 0.305 e. The number of aromatic nitrogens is 2. The molecular formula is C12H19ClN4. The maximum Gasteiger partial charge on any atom is 0.151 e. The monoisotopic (exact) mass is 254 g/mol. The van der Waals surface area contributed by atoms with E-state index in [1.54, 1.807) is 6.07 Å². The van der Waals surface area contributed by atoms with Crippen LogP contribution >= 0.6 is 11.6 Å². The summed E-state index contributed by atoms with van der Waals surface area (Å²) in [7, 11) is 4.30. The van der Waals surface area contributed by atoms with Crippen LogP contribution in [0.15, 0.2) is 12.1 Å². The van der Waals surface area contributed by atoms with Crippen LogP contribution < -0.4 is 0 Å². The molecular weight excluding hydrogens is 236 g/mol. The third kappa shape index (κ3) is 3.63. The molecule has 1 atom stereocenters. The fourth-order valence-electron chi connectivity index (χ4n) is 2.25. The Kier molecular flexibility index (Phi) is 4.31. The minimum absolute atomic E-state index is 0.457. The van der Waals surface area contributed by atoms with Gasteiger partial charge in [-0.05, 0) is 45.6 Å². The minimum Gasteiger partial charge on any atom is -0.305 e. The molecule has 4 nitrogen and oxygen atoms in total. The Morgan fingerprint density at radius 3 is 2.88 bits per heavy atom. The molecule has 5 heteroatoms. The molecule has 17 heavy (non-hydrogen) atoms. The van der Waals surface area contributed by atoms with Gasteiger partial charge < -0.3 is 4.90 Å². The second-order valence-corrected chi connectivity index (χ2v) is 5.23. The highest BCUT2D eigenvalue weighted by molar-refractivity contribution is 6.29. The molecule has 1 saturated heterocycles. The topological polar surface area (TPSA) is 32.3 Å². The number of likely N-dealkylation sites (N-methyl/N-ethyl adjacent to an activating group) is 1. The fourth-order valence-corrected chi connectivity index (χ4v) is 2.35. The Labute approximate surface area is 108 Å². The predicted molar refractivity (Wildman–Crippen MR) is 69.0 cm³/mol. The normalized spacial score (nSPS) is 22.0. The molecule has 0 amide bonds. The number of nitrogens with zero attached hydrogens (tertiary/aromatic N) is 4. The highest BCUT2D eigenvalue weighted by Gasteiger charge is 2.21. The summed E-state index contributed by atoms with van der Waals surface area (Å²) in [6.07, 6.45) is 2.54. The molecule has 1 unspecified atom stereocenters. The predicted octanol–water partition coefficient (Wildman–Crippen LogP) is 1.66. The van der Waals surface area contributed by atoms with Crippen molar-refractivity contribution in [2.75, 3.05) is 27.2 Å². The van der Waals surface area contributed by atoms with Gasteiger partial charge >= 0.3 is 0 Å². The quantitative estimate of drug-likeness (QED) is 0.821. The van der Waals surface area contributed by atoms with Gasteiger partial charge in [-0.15, -0.1) is 5.10 Å². The number of hydrogen-bond acceptors (Lipinski definition) is 4. The molecule has 0 saturated carbocycles. The molecule has 0 radical (unpaired) electrons. The summed E-state index contributed by atoms with van der Waals surface area (Å²) >= 11 is 5.73. The standard InChI is InChI=1S/C12H19ClN4/c1-16(2)11-4-3-7-17(9-11)8-10-5-6-12(13)15-14-10/h5-6,11H,3-4,7-9H2,1-2H3. The lowest BCUT2D eigenvalue weighted by Crippen LogP contribution is -2.44. The van der Waals surface area contributed by atoms with E-state index in [2.05, 4.69) is 34.1 Å². The zero-order chi connectivity index (χ0) is 12.3. The van der Waals surface area contributed by atoms with Crippen molar-refractivity contribution in [2.24, 2.45) is 0 Å². The van der Waals surface area contributed by atoms with Crippen LogP contribution in [0.4, 0.5) is 0 Å². The third-order valence-corrected chi connectivity index (χ3v) is 3.49. The molecule has 0 aromatic carbocycles. The zero-order valence-corrected chi connectivity index (χ0v) is 11.2. The van der Waals surface area contributed by atoms with E-state index in [1.165, 1.54) is 12.8 Å². The average Bonchev–Trinajstić information content (AvgIpc) is 2.32. The first-order valence-electron chi connectivity index (χ1n) is 6.02. The van der Waals surface area contributed by atoms with Gasteiger partial charge in [0, 0.05) is 19.1 Å². The highest BCUT2D eigenvalue weighted by Crippen LogP contribution is 2.15. The number of likely N-dealkylation sites (tertiary alicyclic amines) is 1. The van der Waals surface area contributed by atoms with Crippen LogP contribution in [0.2, 0.25) is 5.15 Å². The summed E-state index contributed by atoms with van der Waals surface area (Å²) in [5, 5.41) is 8.44. The lowest BCUT2D eigenvalue weighted by atomic mass is 10.0. The first-order valence-corrected chi connectivity index (χ1v) is 6.40. The van der Waals surface area contributed by atoms with Crippen LogP contribution in [0, 0.1) is 0 Å². The van der Waals surface area contributed by atoms with E-state index in [1.807, 2.05) is 6.07 Å². The summed E-state index contributed by atoms with van der Waals surface area (Å²) < 4.78 is 0. The molecule has 1 aromatic rings. The lowest BCUT2D eigenvalue weighted by Gasteiger charge is -2.35. The highest BCUT2D eigenvalue weighted by atomic mass is 35.5. The van der Waals surface area contributed by atoms with Crippen LogP contribution in [0.3, 0.4) is 0 Å². The number of halogens is 1. The maximum atomic E-state index is 5.73. The van der Waals surface area contributed by atoms with Crippen molar-refractivity contribution < 1.29 is 0 Å². The molecule has 94 valence electrons. The van der Waals surface area contributed by atoms with Gasteiger partial charge in [0.05, 0.1) is 5.69 Å². The second-order valence-electron chi connectivity index (χ2n) is 4.84. The van der Waals surface area contributed by atoms with Crippen molar-refractivity contribution in [3.63, 3.8) is 0 Å². The number of hydrogen-bond donors (Lipinski definition) is 0. The second kappa shape index (κ2) is 5.76. The molecule has 0 N–H and O–H groups in total. The van der Waals surface area contributed by atoms with Gasteiger partial charge in [-0.25, -0.2) is 0 Å². The Morgan fingerprint density at radius 1 is 1.41 bits per heavy atom. The van der Waals surface area contributed by atoms with Crippen molar-refractivity contribution in [3.05, 3.63) is 23.0 Å².